The van der Waals surface area contributed by atoms with E-state index in [2.05, 4.69) is 6.07 Å². The van der Waals surface area contributed by atoms with Crippen LogP contribution < -0.4 is 9.47 Å². The molecule has 5 rings (SSSR count). The minimum absolute atomic E-state index is 0.141. The second kappa shape index (κ2) is 4.80. The van der Waals surface area contributed by atoms with Gasteiger partial charge in [-0.1, -0.05) is 15.5 Å². The van der Waals surface area contributed by atoms with Gasteiger partial charge in [0.2, 0.25) is 6.79 Å². The topological polar surface area (TPSA) is 82.9 Å². The third-order valence-electron chi connectivity index (χ3n) is 6.39. The van der Waals surface area contributed by atoms with E-state index in [-0.39, 0.29) is 25.0 Å². The largest absolute Gasteiger partial charge is 0.454 e. The molecule has 4 heterocycles. The molecule has 0 aliphatic carbocycles. The summed E-state index contributed by atoms with van der Waals surface area (Å²) in [6.07, 6.45) is 0.243. The second-order valence-electron chi connectivity index (χ2n) is 7.80. The van der Waals surface area contributed by atoms with Gasteiger partial charge >= 0.3 is 0 Å². The number of likely N-dealkylation sites (N-methyl/N-ethyl adjacent to an activating group) is 1. The van der Waals surface area contributed by atoms with Crippen LogP contribution in [0.2, 0.25) is 0 Å². The van der Waals surface area contributed by atoms with Crippen LogP contribution in [0.25, 0.3) is 0 Å². The molecule has 3 fully saturated rings. The van der Waals surface area contributed by atoms with Gasteiger partial charge in [0.25, 0.3) is 11.8 Å². The quantitative estimate of drug-likeness (QED) is 0.701. The van der Waals surface area contributed by atoms with Gasteiger partial charge in [0, 0.05) is 13.5 Å². The van der Waals surface area contributed by atoms with Crippen molar-refractivity contribution in [1.29, 1.82) is 5.26 Å². The van der Waals surface area contributed by atoms with Gasteiger partial charge in [-0.25, -0.2) is 0 Å². The molecule has 7 nitrogen and oxygen atoms in total. The maximum atomic E-state index is 13.5. The number of ether oxygens (including phenoxy) is 2. The van der Waals surface area contributed by atoms with E-state index in [9.17, 15) is 14.9 Å². The zero-order valence-corrected chi connectivity index (χ0v) is 16.6. The summed E-state index contributed by atoms with van der Waals surface area (Å²) in [5.41, 5.74) is -0.178. The molecule has 140 valence electrons. The van der Waals surface area contributed by atoms with Gasteiger partial charge in [-0.15, -0.1) is 0 Å². The van der Waals surface area contributed by atoms with Crippen molar-refractivity contribution < 1.29 is 19.1 Å². The molecule has 9 heteroatoms. The zero-order chi connectivity index (χ0) is 19.4. The van der Waals surface area contributed by atoms with Crippen molar-refractivity contribution in [1.82, 2.24) is 9.80 Å². The molecule has 27 heavy (non-hydrogen) atoms. The lowest BCUT2D eigenvalue weighted by atomic mass is 9.79. The number of piperazine rings is 1. The summed E-state index contributed by atoms with van der Waals surface area (Å²) in [6, 6.07) is 7.23. The lowest BCUT2D eigenvalue weighted by Crippen LogP contribution is -2.60. The van der Waals surface area contributed by atoms with Crippen molar-refractivity contribution in [2.45, 2.75) is 36.1 Å². The number of carbonyl (C=O) groups is 2. The molecule has 1 aromatic carbocycles. The number of benzene rings is 1. The molecule has 0 N–H and O–H groups in total. The van der Waals surface area contributed by atoms with Crippen LogP contribution in [0.15, 0.2) is 18.2 Å². The van der Waals surface area contributed by atoms with E-state index in [1.807, 2.05) is 6.07 Å². The Morgan fingerprint density at radius 3 is 2.67 bits per heavy atom. The Morgan fingerprint density at radius 2 is 1.96 bits per heavy atom. The van der Waals surface area contributed by atoms with Crippen molar-refractivity contribution in [2.75, 3.05) is 13.8 Å². The van der Waals surface area contributed by atoms with Crippen LogP contribution >= 0.6 is 0 Å². The molecule has 2 bridgehead atoms. The third kappa shape index (κ3) is 1.61. The molecule has 0 aromatic heterocycles. The summed E-state index contributed by atoms with van der Waals surface area (Å²) < 4.78 is 10.8. The fourth-order valence-electron chi connectivity index (χ4n) is 4.92. The Balaban J connectivity index is 1.73. The third-order valence-corrected chi connectivity index (χ3v) is 10.5. The van der Waals surface area contributed by atoms with Crippen LogP contribution in [0, 0.1) is 16.7 Å². The SMILES string of the molecule is CN1C(=O)[C@@]23C[C@](C)(C#N)[C@H](c4ccc5c(c4)OCO5)N2C(=O)[C@]1(C)S3=S. The lowest BCUT2D eigenvalue weighted by Gasteiger charge is -2.39. The van der Waals surface area contributed by atoms with Crippen LogP contribution in [0.3, 0.4) is 0 Å². The number of hydrogen-bond acceptors (Lipinski definition) is 6. The summed E-state index contributed by atoms with van der Waals surface area (Å²) in [5.74, 6) is 0.875. The summed E-state index contributed by atoms with van der Waals surface area (Å²) in [7, 11) is 0.689. The van der Waals surface area contributed by atoms with Crippen LogP contribution in [0.4, 0.5) is 0 Å². The van der Waals surface area contributed by atoms with Gasteiger partial charge in [0.15, 0.2) is 21.2 Å². The highest BCUT2D eigenvalue weighted by atomic mass is 32.8. The Labute approximate surface area is 163 Å². The highest BCUT2D eigenvalue weighted by Gasteiger charge is 2.80. The first-order chi connectivity index (χ1) is 12.7. The normalized spacial score (nSPS) is 41.3. The van der Waals surface area contributed by atoms with Gasteiger partial charge in [-0.2, -0.15) is 5.26 Å². The minimum atomic E-state index is -1.12. The van der Waals surface area contributed by atoms with E-state index >= 15 is 0 Å². The van der Waals surface area contributed by atoms with Crippen molar-refractivity contribution in [3.05, 3.63) is 23.8 Å². The molecule has 1 spiro atoms. The van der Waals surface area contributed by atoms with E-state index in [0.29, 0.717) is 11.5 Å². The van der Waals surface area contributed by atoms with Crippen molar-refractivity contribution in [3.63, 3.8) is 0 Å². The predicted molar refractivity (Wildman–Crippen MR) is 99.1 cm³/mol. The maximum absolute atomic E-state index is 13.5. The van der Waals surface area contributed by atoms with E-state index in [1.165, 1.54) is 4.90 Å². The Kier molecular flexibility index (Phi) is 3.02. The van der Waals surface area contributed by atoms with Gasteiger partial charge in [0.05, 0.1) is 17.5 Å². The number of fused-ring (bicyclic) bond motifs is 2. The molecule has 5 atom stereocenters. The molecular weight excluding hydrogens is 386 g/mol. The molecule has 3 saturated heterocycles. The summed E-state index contributed by atoms with van der Waals surface area (Å²) in [4.78, 5) is 27.6. The number of carbonyl (C=O) groups excluding carboxylic acids is 2. The van der Waals surface area contributed by atoms with Gasteiger partial charge in [-0.3, -0.25) is 9.59 Å². The van der Waals surface area contributed by atoms with E-state index in [1.54, 1.807) is 37.9 Å². The smallest absolute Gasteiger partial charge is 0.261 e. The summed E-state index contributed by atoms with van der Waals surface area (Å²) in [5, 5.41) is 10.0. The van der Waals surface area contributed by atoms with Crippen LogP contribution in [0.5, 0.6) is 11.5 Å². The fraction of sp³-hybridized carbons (Fsp3) is 0.500. The van der Waals surface area contributed by atoms with Crippen LogP contribution in [-0.4, -0.2) is 45.2 Å². The minimum Gasteiger partial charge on any atom is -0.454 e. The molecule has 0 saturated carbocycles. The average Bonchev–Trinajstić information content (AvgIpc) is 3.31. The fourth-order valence-corrected chi connectivity index (χ4v) is 8.44. The first-order valence-corrected chi connectivity index (χ1v) is 10.7. The van der Waals surface area contributed by atoms with E-state index in [0.717, 1.165) is 5.56 Å². The number of nitrogens with zero attached hydrogens (tertiary/aromatic N) is 3. The number of rotatable bonds is 1. The zero-order valence-electron chi connectivity index (χ0n) is 15.0. The first kappa shape index (κ1) is 17.0. The van der Waals surface area contributed by atoms with Gasteiger partial charge < -0.3 is 19.3 Å². The summed E-state index contributed by atoms with van der Waals surface area (Å²) >= 11 is 5.76. The molecule has 0 radical (unpaired) electrons. The van der Waals surface area contributed by atoms with Crippen molar-refractivity contribution in [3.8, 4) is 17.6 Å². The monoisotopic (exact) mass is 403 g/mol. The number of hydrogen-bond donors (Lipinski definition) is 0. The molecule has 1 aromatic rings. The second-order valence-corrected chi connectivity index (χ2v) is 10.8. The Morgan fingerprint density at radius 1 is 1.26 bits per heavy atom. The lowest BCUT2D eigenvalue weighted by molar-refractivity contribution is -0.159. The molecular formula is C18H17N3O4S2. The van der Waals surface area contributed by atoms with Gasteiger partial charge in [-0.05, 0) is 42.7 Å². The highest BCUT2D eigenvalue weighted by Crippen LogP contribution is 2.65. The molecule has 4 aliphatic rings. The Hall–Kier alpha value is -2.18. The number of nitriles is 1. The van der Waals surface area contributed by atoms with Crippen LogP contribution in [-0.2, 0) is 30.2 Å². The summed E-state index contributed by atoms with van der Waals surface area (Å²) in [6.45, 7) is 3.69. The van der Waals surface area contributed by atoms with E-state index < -0.39 is 30.7 Å². The molecule has 4 aliphatic heterocycles. The van der Waals surface area contributed by atoms with Crippen molar-refractivity contribution in [2.24, 2.45) is 5.41 Å². The standard InChI is InChI=1S/C18H17N3O4S2/c1-16(8-19)7-18-15(23)20(3)17(2,27(18)26)14(22)21(18)13(16)10-4-5-11-12(6-10)25-9-24-11/h4-6,13H,7,9H2,1-3H3/t13-,16+,17-,18-,27?/m0/s1. The van der Waals surface area contributed by atoms with Crippen molar-refractivity contribution >= 4 is 32.5 Å². The first-order valence-electron chi connectivity index (χ1n) is 8.56. The highest BCUT2D eigenvalue weighted by molar-refractivity contribution is 8.31. The average molecular weight is 403 g/mol. The van der Waals surface area contributed by atoms with Crippen LogP contribution in [0.1, 0.15) is 31.9 Å². The Bertz CT molecular complexity index is 1010. The molecule has 1 unspecified atom stereocenters. The predicted octanol–water partition coefficient (Wildman–Crippen LogP) is 1.20. The molecule has 2 amide bonds. The van der Waals surface area contributed by atoms with Gasteiger partial charge in [0.1, 0.15) is 0 Å². The van der Waals surface area contributed by atoms with E-state index in [4.69, 9.17) is 20.7 Å². The number of amides is 2. The maximum Gasteiger partial charge on any atom is 0.261 e.